The molecule has 140 valence electrons. The zero-order valence-corrected chi connectivity index (χ0v) is 15.8. The Hall–Kier alpha value is -2.50. The van der Waals surface area contributed by atoms with Crippen LogP contribution in [0.25, 0.3) is 10.9 Å². The van der Waals surface area contributed by atoms with Crippen molar-refractivity contribution in [2.24, 2.45) is 0 Å². The summed E-state index contributed by atoms with van der Waals surface area (Å²) in [5.74, 6) is 0.817. The number of aromatic nitrogens is 1. The van der Waals surface area contributed by atoms with Gasteiger partial charge in [0.1, 0.15) is 5.56 Å². The highest BCUT2D eigenvalue weighted by Crippen LogP contribution is 2.36. The summed E-state index contributed by atoms with van der Waals surface area (Å²) >= 11 is 0. The van der Waals surface area contributed by atoms with Crippen molar-refractivity contribution >= 4 is 16.8 Å². The van der Waals surface area contributed by atoms with E-state index in [2.05, 4.69) is 5.32 Å². The van der Waals surface area contributed by atoms with Crippen molar-refractivity contribution in [1.29, 1.82) is 0 Å². The first-order valence-electron chi connectivity index (χ1n) is 9.01. The fourth-order valence-electron chi connectivity index (χ4n) is 3.23. The van der Waals surface area contributed by atoms with Crippen LogP contribution in [-0.2, 0) is 6.54 Å². The number of benzene rings is 1. The molecule has 2 aromatic rings. The van der Waals surface area contributed by atoms with Crippen LogP contribution in [-0.4, -0.2) is 29.7 Å². The summed E-state index contributed by atoms with van der Waals surface area (Å²) in [6, 6.07) is 5.33. The van der Waals surface area contributed by atoms with Gasteiger partial charge in [-0.25, -0.2) is 0 Å². The van der Waals surface area contributed by atoms with E-state index in [4.69, 9.17) is 9.47 Å². The predicted molar refractivity (Wildman–Crippen MR) is 101 cm³/mol. The van der Waals surface area contributed by atoms with E-state index >= 15 is 0 Å². The lowest BCUT2D eigenvalue weighted by Crippen LogP contribution is -2.43. The van der Waals surface area contributed by atoms with Gasteiger partial charge in [-0.3, -0.25) is 9.59 Å². The van der Waals surface area contributed by atoms with Gasteiger partial charge in [-0.1, -0.05) is 0 Å². The molecule has 6 heteroatoms. The van der Waals surface area contributed by atoms with Crippen LogP contribution in [0.2, 0.25) is 0 Å². The molecule has 1 aliphatic heterocycles. The molecule has 6 nitrogen and oxygen atoms in total. The summed E-state index contributed by atoms with van der Waals surface area (Å²) in [6.07, 6.45) is 2.74. The number of hydrogen-bond acceptors (Lipinski definition) is 4. The van der Waals surface area contributed by atoms with E-state index in [0.717, 1.165) is 24.6 Å². The molecule has 1 aliphatic rings. The largest absolute Gasteiger partial charge is 0.493 e. The van der Waals surface area contributed by atoms with Gasteiger partial charge in [0.25, 0.3) is 11.5 Å². The van der Waals surface area contributed by atoms with Crippen molar-refractivity contribution in [3.63, 3.8) is 0 Å². The van der Waals surface area contributed by atoms with Gasteiger partial charge in [-0.15, -0.1) is 0 Å². The maximum atomic E-state index is 13.1. The Bertz CT molecular complexity index is 893. The first-order valence-corrected chi connectivity index (χ1v) is 9.01. The van der Waals surface area contributed by atoms with Gasteiger partial charge in [-0.05, 0) is 58.2 Å². The third-order valence-corrected chi connectivity index (χ3v) is 4.40. The molecule has 1 amide bonds. The summed E-state index contributed by atoms with van der Waals surface area (Å²) < 4.78 is 13.1. The number of carbonyl (C=O) groups excluding carboxylic acids is 1. The summed E-state index contributed by atoms with van der Waals surface area (Å²) in [5.41, 5.74) is 0.144. The summed E-state index contributed by atoms with van der Waals surface area (Å²) in [6.45, 7) is 6.81. The van der Waals surface area contributed by atoms with E-state index in [-0.39, 0.29) is 17.0 Å². The maximum absolute atomic E-state index is 13.1. The minimum Gasteiger partial charge on any atom is -0.493 e. The number of carbonyl (C=O) groups is 1. The number of pyridine rings is 1. The summed E-state index contributed by atoms with van der Waals surface area (Å²) in [7, 11) is 1.58. The van der Waals surface area contributed by atoms with Crippen LogP contribution < -0.4 is 20.3 Å². The Morgan fingerprint density at radius 2 is 2.00 bits per heavy atom. The Morgan fingerprint density at radius 3 is 2.69 bits per heavy atom. The smallest absolute Gasteiger partial charge is 0.264 e. The van der Waals surface area contributed by atoms with Crippen LogP contribution in [0.15, 0.2) is 23.0 Å². The number of rotatable bonds is 2. The van der Waals surface area contributed by atoms with Crippen LogP contribution in [0.1, 0.15) is 50.4 Å². The van der Waals surface area contributed by atoms with Crippen molar-refractivity contribution in [3.05, 3.63) is 34.1 Å². The molecule has 0 spiro atoms. The van der Waals surface area contributed by atoms with Crippen LogP contribution in [0, 0.1) is 0 Å². The number of aryl methyl sites for hydroxylation is 1. The third kappa shape index (κ3) is 3.54. The van der Waals surface area contributed by atoms with Crippen LogP contribution in [0.4, 0.5) is 0 Å². The van der Waals surface area contributed by atoms with Gasteiger partial charge in [0.15, 0.2) is 11.5 Å². The van der Waals surface area contributed by atoms with E-state index in [9.17, 15) is 9.59 Å². The van der Waals surface area contributed by atoms with E-state index in [1.54, 1.807) is 17.7 Å². The van der Waals surface area contributed by atoms with Gasteiger partial charge in [-0.2, -0.15) is 0 Å². The lowest BCUT2D eigenvalue weighted by molar-refractivity contribution is 0.0917. The highest BCUT2D eigenvalue weighted by Gasteiger charge is 2.23. The number of hydrogen-bond donors (Lipinski definition) is 1. The van der Waals surface area contributed by atoms with Crippen LogP contribution in [0.5, 0.6) is 11.5 Å². The molecule has 1 aromatic carbocycles. The second-order valence-corrected chi connectivity index (χ2v) is 7.66. The molecule has 1 N–H and O–H groups in total. The molecule has 0 fully saturated rings. The molecule has 0 radical (unpaired) electrons. The van der Waals surface area contributed by atoms with E-state index in [1.165, 1.54) is 0 Å². The second kappa shape index (κ2) is 7.02. The van der Waals surface area contributed by atoms with Crippen molar-refractivity contribution in [2.45, 2.75) is 52.1 Å². The summed E-state index contributed by atoms with van der Waals surface area (Å²) in [4.78, 5) is 25.8. The van der Waals surface area contributed by atoms with Gasteiger partial charge in [0.2, 0.25) is 0 Å². The minimum absolute atomic E-state index is 0.155. The van der Waals surface area contributed by atoms with E-state index in [1.807, 2.05) is 32.9 Å². The van der Waals surface area contributed by atoms with Crippen LogP contribution >= 0.6 is 0 Å². The van der Waals surface area contributed by atoms with E-state index < -0.39 is 5.54 Å². The van der Waals surface area contributed by atoms with Gasteiger partial charge in [0, 0.05) is 17.5 Å². The molecule has 0 unspecified atom stereocenters. The first-order chi connectivity index (χ1) is 12.3. The monoisotopic (exact) mass is 358 g/mol. The Kier molecular flexibility index (Phi) is 4.94. The molecule has 1 aromatic heterocycles. The van der Waals surface area contributed by atoms with E-state index in [0.29, 0.717) is 30.2 Å². The molecule has 3 rings (SSSR count). The molecule has 0 bridgehead atoms. The molecular weight excluding hydrogens is 332 g/mol. The molecule has 0 atom stereocenters. The highest BCUT2D eigenvalue weighted by molar-refractivity contribution is 5.99. The summed E-state index contributed by atoms with van der Waals surface area (Å²) in [5, 5.41) is 3.67. The highest BCUT2D eigenvalue weighted by atomic mass is 16.5. The number of amides is 1. The molecule has 26 heavy (non-hydrogen) atoms. The zero-order valence-electron chi connectivity index (χ0n) is 15.8. The molecule has 0 saturated carbocycles. The SMILES string of the molecule is COc1ccc2cc(C(=O)NC(C)(C)C)c(=O)n3c2c1OCCCCC3. The Morgan fingerprint density at radius 1 is 1.23 bits per heavy atom. The van der Waals surface area contributed by atoms with Gasteiger partial charge >= 0.3 is 0 Å². The average Bonchev–Trinajstić information content (AvgIpc) is 2.67. The van der Waals surface area contributed by atoms with Crippen molar-refractivity contribution in [3.8, 4) is 11.5 Å². The Labute approximate surface area is 153 Å². The standard InChI is InChI=1S/C20H26N2O4/c1-20(2,3)21-18(23)14-12-13-8-9-15(25-4)17-16(13)22(19(14)24)10-6-5-7-11-26-17/h8-9,12H,5-7,10-11H2,1-4H3,(H,21,23). The number of methoxy groups -OCH3 is 1. The normalized spacial score (nSPS) is 14.8. The van der Waals surface area contributed by atoms with Crippen molar-refractivity contribution < 1.29 is 14.3 Å². The predicted octanol–water partition coefficient (Wildman–Crippen LogP) is 3.10. The molecular formula is C20H26N2O4. The Balaban J connectivity index is 2.26. The minimum atomic E-state index is -0.416. The number of nitrogens with one attached hydrogen (secondary N) is 1. The van der Waals surface area contributed by atoms with Crippen molar-refractivity contribution in [1.82, 2.24) is 9.88 Å². The first kappa shape index (κ1) is 18.3. The fraction of sp³-hybridized carbons (Fsp3) is 0.500. The average molecular weight is 358 g/mol. The zero-order chi connectivity index (χ0) is 18.9. The number of nitrogens with zero attached hydrogens (tertiary/aromatic N) is 1. The van der Waals surface area contributed by atoms with Crippen LogP contribution in [0.3, 0.4) is 0 Å². The second-order valence-electron chi connectivity index (χ2n) is 7.66. The lowest BCUT2D eigenvalue weighted by Gasteiger charge is -2.21. The van der Waals surface area contributed by atoms with Crippen molar-refractivity contribution in [2.75, 3.05) is 13.7 Å². The topological polar surface area (TPSA) is 69.6 Å². The molecule has 0 saturated heterocycles. The van der Waals surface area contributed by atoms with Gasteiger partial charge in [0.05, 0.1) is 19.2 Å². The fourth-order valence-corrected chi connectivity index (χ4v) is 3.23. The molecule has 0 aliphatic carbocycles. The third-order valence-electron chi connectivity index (χ3n) is 4.40. The van der Waals surface area contributed by atoms with Gasteiger partial charge < -0.3 is 19.4 Å². The lowest BCUT2D eigenvalue weighted by atomic mass is 10.1. The maximum Gasteiger partial charge on any atom is 0.264 e. The number of ether oxygens (including phenoxy) is 2. The quantitative estimate of drug-likeness (QED) is 0.896. The molecule has 2 heterocycles.